The highest BCUT2D eigenvalue weighted by Crippen LogP contribution is 2.24. The van der Waals surface area contributed by atoms with Gasteiger partial charge in [-0.05, 0) is 25.5 Å². The molecule has 3 aromatic heterocycles. The second kappa shape index (κ2) is 3.38. The molecule has 0 amide bonds. The van der Waals surface area contributed by atoms with Crippen molar-refractivity contribution in [3.05, 3.63) is 29.0 Å². The van der Waals surface area contributed by atoms with Crippen molar-refractivity contribution in [2.75, 3.05) is 0 Å². The van der Waals surface area contributed by atoms with Crippen molar-refractivity contribution in [3.63, 3.8) is 0 Å². The lowest BCUT2D eigenvalue weighted by molar-refractivity contribution is 1.27. The van der Waals surface area contributed by atoms with Crippen LogP contribution in [0.4, 0.5) is 0 Å². The highest BCUT2D eigenvalue weighted by molar-refractivity contribution is 7.14. The van der Waals surface area contributed by atoms with Gasteiger partial charge in [-0.3, -0.25) is 0 Å². The zero-order chi connectivity index (χ0) is 11.1. The topological polar surface area (TPSA) is 54.5 Å². The van der Waals surface area contributed by atoms with Crippen LogP contribution in [0.1, 0.15) is 10.6 Å². The molecule has 0 fully saturated rings. The van der Waals surface area contributed by atoms with Crippen molar-refractivity contribution in [2.24, 2.45) is 0 Å². The number of pyridine rings is 1. The van der Waals surface area contributed by atoms with E-state index in [4.69, 9.17) is 0 Å². The molecule has 0 saturated heterocycles. The molecular weight excluding hydrogens is 220 g/mol. The molecule has 0 aliphatic carbocycles. The van der Waals surface area contributed by atoms with E-state index in [0.29, 0.717) is 0 Å². The first-order valence-electron chi connectivity index (χ1n) is 4.97. The van der Waals surface area contributed by atoms with Gasteiger partial charge in [-0.2, -0.15) is 0 Å². The summed E-state index contributed by atoms with van der Waals surface area (Å²) in [4.78, 5) is 17.2. The van der Waals surface area contributed by atoms with Crippen molar-refractivity contribution in [1.82, 2.24) is 19.9 Å². The first kappa shape index (κ1) is 9.47. The zero-order valence-electron chi connectivity index (χ0n) is 8.98. The highest BCUT2D eigenvalue weighted by Gasteiger charge is 2.08. The third-order valence-corrected chi connectivity index (χ3v) is 3.25. The van der Waals surface area contributed by atoms with Crippen molar-refractivity contribution in [3.8, 4) is 10.7 Å². The summed E-state index contributed by atoms with van der Waals surface area (Å²) in [5, 5.41) is 1.04. The Morgan fingerprint density at radius 1 is 1.19 bits per heavy atom. The molecule has 3 rings (SSSR count). The molecule has 3 heterocycles. The number of hydrogen-bond acceptors (Lipinski definition) is 4. The molecule has 0 atom stereocenters. The monoisotopic (exact) mass is 230 g/mol. The van der Waals surface area contributed by atoms with Crippen LogP contribution in [0.25, 0.3) is 21.9 Å². The maximum atomic E-state index is 4.44. The van der Waals surface area contributed by atoms with Crippen LogP contribution in [0.5, 0.6) is 0 Å². The standard InChI is InChI=1S/C11H10N4S/c1-6-3-8-10(13-4-6)15-11(14-8)9-5-12-7(2)16-9/h3-5H,1-2H3,(H,13,14,15). The number of aryl methyl sites for hydroxylation is 2. The predicted octanol–water partition coefficient (Wildman–Crippen LogP) is 2.70. The fraction of sp³-hybridized carbons (Fsp3) is 0.182. The second-order valence-electron chi connectivity index (χ2n) is 3.71. The Morgan fingerprint density at radius 2 is 2.06 bits per heavy atom. The van der Waals surface area contributed by atoms with E-state index in [1.54, 1.807) is 11.3 Å². The van der Waals surface area contributed by atoms with Crippen LogP contribution in [-0.2, 0) is 0 Å². The molecule has 0 bridgehead atoms. The summed E-state index contributed by atoms with van der Waals surface area (Å²) >= 11 is 1.63. The molecule has 3 aromatic rings. The molecule has 0 saturated carbocycles. The largest absolute Gasteiger partial charge is 0.336 e. The minimum atomic E-state index is 0.756. The van der Waals surface area contributed by atoms with Gasteiger partial charge in [0.15, 0.2) is 11.5 Å². The van der Waals surface area contributed by atoms with Crippen LogP contribution in [0.2, 0.25) is 0 Å². The summed E-state index contributed by atoms with van der Waals surface area (Å²) in [6, 6.07) is 2.05. The Hall–Kier alpha value is -1.75. The number of nitrogens with one attached hydrogen (secondary N) is 1. The summed E-state index contributed by atoms with van der Waals surface area (Å²) in [6.07, 6.45) is 3.66. The van der Waals surface area contributed by atoms with Crippen LogP contribution in [0.3, 0.4) is 0 Å². The van der Waals surface area contributed by atoms with Gasteiger partial charge in [-0.1, -0.05) is 0 Å². The summed E-state index contributed by atoms with van der Waals surface area (Å²) in [5.74, 6) is 0.846. The van der Waals surface area contributed by atoms with E-state index in [2.05, 4.69) is 19.9 Å². The lowest BCUT2D eigenvalue weighted by Crippen LogP contribution is -1.77. The molecule has 0 aromatic carbocycles. The number of aromatic nitrogens is 4. The van der Waals surface area contributed by atoms with Crippen molar-refractivity contribution in [1.29, 1.82) is 0 Å². The Morgan fingerprint density at radius 3 is 2.81 bits per heavy atom. The van der Waals surface area contributed by atoms with Crippen LogP contribution >= 0.6 is 11.3 Å². The number of imidazole rings is 1. The molecule has 1 N–H and O–H groups in total. The SMILES string of the molecule is Cc1cnc2nc(-c3cnc(C)s3)[nH]c2c1. The summed E-state index contributed by atoms with van der Waals surface area (Å²) in [6.45, 7) is 4.00. The number of nitrogens with zero attached hydrogens (tertiary/aromatic N) is 3. The summed E-state index contributed by atoms with van der Waals surface area (Å²) in [5.41, 5.74) is 2.86. The minimum absolute atomic E-state index is 0.756. The van der Waals surface area contributed by atoms with E-state index < -0.39 is 0 Å². The zero-order valence-corrected chi connectivity index (χ0v) is 9.80. The van der Waals surface area contributed by atoms with Gasteiger partial charge in [0, 0.05) is 12.4 Å². The molecule has 4 nitrogen and oxygen atoms in total. The first-order chi connectivity index (χ1) is 7.72. The third-order valence-electron chi connectivity index (χ3n) is 2.33. The van der Waals surface area contributed by atoms with Gasteiger partial charge in [0.2, 0.25) is 0 Å². The number of rotatable bonds is 1. The van der Waals surface area contributed by atoms with Crippen LogP contribution in [0, 0.1) is 13.8 Å². The van der Waals surface area contributed by atoms with Crippen molar-refractivity contribution in [2.45, 2.75) is 13.8 Å². The highest BCUT2D eigenvalue weighted by atomic mass is 32.1. The van der Waals surface area contributed by atoms with Gasteiger partial charge in [0.25, 0.3) is 0 Å². The second-order valence-corrected chi connectivity index (χ2v) is 4.95. The van der Waals surface area contributed by atoms with E-state index in [1.807, 2.05) is 32.3 Å². The Labute approximate surface area is 96.4 Å². The van der Waals surface area contributed by atoms with Gasteiger partial charge in [-0.25, -0.2) is 15.0 Å². The molecule has 0 aliphatic rings. The average Bonchev–Trinajstić information content (AvgIpc) is 2.83. The molecular formula is C11H10N4S. The minimum Gasteiger partial charge on any atom is -0.336 e. The molecule has 0 spiro atoms. The fourth-order valence-corrected chi connectivity index (χ4v) is 2.31. The lowest BCUT2D eigenvalue weighted by Gasteiger charge is -1.88. The van der Waals surface area contributed by atoms with E-state index in [9.17, 15) is 0 Å². The average molecular weight is 230 g/mol. The van der Waals surface area contributed by atoms with Crippen LogP contribution < -0.4 is 0 Å². The van der Waals surface area contributed by atoms with Gasteiger partial charge in [0.05, 0.1) is 15.4 Å². The molecule has 80 valence electrons. The molecule has 0 aliphatic heterocycles. The van der Waals surface area contributed by atoms with Crippen LogP contribution in [-0.4, -0.2) is 19.9 Å². The molecule has 0 radical (unpaired) electrons. The Kier molecular flexibility index (Phi) is 2.00. The smallest absolute Gasteiger partial charge is 0.178 e. The quantitative estimate of drug-likeness (QED) is 0.699. The van der Waals surface area contributed by atoms with Gasteiger partial charge in [0.1, 0.15) is 0 Å². The van der Waals surface area contributed by atoms with Crippen molar-refractivity contribution >= 4 is 22.5 Å². The number of hydrogen-bond donors (Lipinski definition) is 1. The van der Waals surface area contributed by atoms with E-state index in [0.717, 1.165) is 32.4 Å². The maximum Gasteiger partial charge on any atom is 0.178 e. The number of H-pyrrole nitrogens is 1. The summed E-state index contributed by atoms with van der Waals surface area (Å²) in [7, 11) is 0. The van der Waals surface area contributed by atoms with E-state index in [1.165, 1.54) is 0 Å². The van der Waals surface area contributed by atoms with Crippen molar-refractivity contribution < 1.29 is 0 Å². The first-order valence-corrected chi connectivity index (χ1v) is 5.79. The third kappa shape index (κ3) is 1.49. The van der Waals surface area contributed by atoms with E-state index in [-0.39, 0.29) is 0 Å². The number of thiazole rings is 1. The maximum absolute atomic E-state index is 4.44. The predicted molar refractivity (Wildman–Crippen MR) is 64.5 cm³/mol. The number of fused-ring (bicyclic) bond motifs is 1. The Balaban J connectivity index is 2.18. The lowest BCUT2D eigenvalue weighted by atomic mass is 10.3. The van der Waals surface area contributed by atoms with Crippen LogP contribution in [0.15, 0.2) is 18.5 Å². The fourth-order valence-electron chi connectivity index (χ4n) is 1.59. The Bertz CT molecular complexity index is 653. The van der Waals surface area contributed by atoms with Gasteiger partial charge >= 0.3 is 0 Å². The molecule has 16 heavy (non-hydrogen) atoms. The number of aromatic amines is 1. The molecule has 5 heteroatoms. The molecule has 0 unspecified atom stereocenters. The van der Waals surface area contributed by atoms with Gasteiger partial charge in [-0.15, -0.1) is 11.3 Å². The van der Waals surface area contributed by atoms with E-state index >= 15 is 0 Å². The van der Waals surface area contributed by atoms with Gasteiger partial charge < -0.3 is 4.98 Å². The summed E-state index contributed by atoms with van der Waals surface area (Å²) < 4.78 is 0. The normalized spacial score (nSPS) is 11.1.